The van der Waals surface area contributed by atoms with Gasteiger partial charge >= 0.3 is 6.09 Å². The summed E-state index contributed by atoms with van der Waals surface area (Å²) < 4.78 is 16.0. The standard InChI is InChI=1S/C24H30N4O5/c1-5-33-24(30)28-10-8-27(9-11-28)23-25-15(2)22-19(26-23)12-16(13-20(22)29)18-7-6-17(31-3)14-21(18)32-4/h6-7,14,16H,5,8-13H2,1-4H3/t16-/m0/s1. The third-order valence-corrected chi connectivity index (χ3v) is 6.27. The molecule has 1 atom stereocenters. The Morgan fingerprint density at radius 1 is 1.09 bits per heavy atom. The van der Waals surface area contributed by atoms with Crippen LogP contribution in [0, 0.1) is 6.92 Å². The first-order valence-corrected chi connectivity index (χ1v) is 11.2. The number of ether oxygens (including phenoxy) is 3. The van der Waals surface area contributed by atoms with Gasteiger partial charge in [-0.05, 0) is 31.9 Å². The molecule has 9 nitrogen and oxygen atoms in total. The van der Waals surface area contributed by atoms with Gasteiger partial charge in [0, 0.05) is 44.6 Å². The van der Waals surface area contributed by atoms with E-state index in [-0.39, 0.29) is 17.8 Å². The van der Waals surface area contributed by atoms with Crippen molar-refractivity contribution in [2.45, 2.75) is 32.6 Å². The third kappa shape index (κ3) is 4.58. The minimum absolute atomic E-state index is 0.0336. The van der Waals surface area contributed by atoms with Crippen LogP contribution in [0.1, 0.15) is 46.6 Å². The molecule has 0 N–H and O–H groups in total. The van der Waals surface area contributed by atoms with Crippen molar-refractivity contribution in [1.82, 2.24) is 14.9 Å². The Morgan fingerprint density at radius 3 is 2.52 bits per heavy atom. The van der Waals surface area contributed by atoms with E-state index in [4.69, 9.17) is 19.2 Å². The summed E-state index contributed by atoms with van der Waals surface area (Å²) in [7, 11) is 3.24. The number of fused-ring (bicyclic) bond motifs is 1. The number of carbonyl (C=O) groups excluding carboxylic acids is 2. The Balaban J connectivity index is 1.57. The van der Waals surface area contributed by atoms with E-state index in [1.807, 2.05) is 25.1 Å². The van der Waals surface area contributed by atoms with Gasteiger partial charge in [-0.15, -0.1) is 0 Å². The number of methoxy groups -OCH3 is 2. The molecule has 2 aromatic rings. The molecule has 33 heavy (non-hydrogen) atoms. The summed E-state index contributed by atoms with van der Waals surface area (Å²) in [5, 5.41) is 0. The Kier molecular flexibility index (Phi) is 6.67. The SMILES string of the molecule is CCOC(=O)N1CCN(c2nc(C)c3c(n2)C[C@H](c2ccc(OC)cc2OC)CC3=O)CC1. The summed E-state index contributed by atoms with van der Waals surface area (Å²) in [6.45, 7) is 6.34. The molecule has 1 amide bonds. The summed E-state index contributed by atoms with van der Waals surface area (Å²) in [4.78, 5) is 38.3. The van der Waals surface area contributed by atoms with Crippen molar-refractivity contribution >= 4 is 17.8 Å². The second-order valence-corrected chi connectivity index (χ2v) is 8.24. The topological polar surface area (TPSA) is 94.1 Å². The zero-order chi connectivity index (χ0) is 23.5. The van der Waals surface area contributed by atoms with E-state index in [0.29, 0.717) is 74.3 Å². The number of carbonyl (C=O) groups is 2. The van der Waals surface area contributed by atoms with E-state index < -0.39 is 0 Å². The zero-order valence-electron chi connectivity index (χ0n) is 19.6. The van der Waals surface area contributed by atoms with Gasteiger partial charge in [-0.1, -0.05) is 6.07 Å². The molecule has 176 valence electrons. The predicted octanol–water partition coefficient (Wildman–Crippen LogP) is 2.99. The Hall–Kier alpha value is -3.36. The molecule has 2 heterocycles. The molecule has 2 aliphatic rings. The molecule has 1 aliphatic carbocycles. The average Bonchev–Trinajstić information content (AvgIpc) is 2.83. The summed E-state index contributed by atoms with van der Waals surface area (Å²) in [6, 6.07) is 5.69. The molecule has 1 aromatic heterocycles. The number of hydrogen-bond donors (Lipinski definition) is 0. The quantitative estimate of drug-likeness (QED) is 0.681. The molecule has 1 fully saturated rings. The lowest BCUT2D eigenvalue weighted by atomic mass is 9.81. The number of ketones is 1. The normalized spacial score (nSPS) is 18.1. The van der Waals surface area contributed by atoms with Crippen LogP contribution >= 0.6 is 0 Å². The summed E-state index contributed by atoms with van der Waals surface area (Å²) in [6.07, 6.45) is 0.724. The first-order chi connectivity index (χ1) is 15.9. The number of amides is 1. The van der Waals surface area contributed by atoms with Crippen LogP contribution in [0.5, 0.6) is 11.5 Å². The van der Waals surface area contributed by atoms with Crippen LogP contribution in [0.4, 0.5) is 10.7 Å². The lowest BCUT2D eigenvalue weighted by Gasteiger charge is -2.35. The number of benzene rings is 1. The minimum atomic E-state index is -0.290. The molecule has 1 aromatic carbocycles. The van der Waals surface area contributed by atoms with Crippen LogP contribution in [-0.4, -0.2) is 73.7 Å². The van der Waals surface area contributed by atoms with Crippen LogP contribution in [0.25, 0.3) is 0 Å². The maximum atomic E-state index is 13.1. The predicted molar refractivity (Wildman–Crippen MR) is 123 cm³/mol. The molecule has 0 unspecified atom stereocenters. The average molecular weight is 455 g/mol. The highest BCUT2D eigenvalue weighted by Gasteiger charge is 2.32. The summed E-state index contributed by atoms with van der Waals surface area (Å²) in [5.74, 6) is 2.03. The number of aryl methyl sites for hydroxylation is 1. The van der Waals surface area contributed by atoms with Crippen LogP contribution in [0.3, 0.4) is 0 Å². The van der Waals surface area contributed by atoms with Crippen molar-refractivity contribution in [2.24, 2.45) is 0 Å². The van der Waals surface area contributed by atoms with Gasteiger partial charge in [-0.3, -0.25) is 4.79 Å². The van der Waals surface area contributed by atoms with E-state index in [0.717, 1.165) is 11.3 Å². The van der Waals surface area contributed by atoms with Crippen molar-refractivity contribution in [1.29, 1.82) is 0 Å². The number of piperazine rings is 1. The number of Topliss-reactive ketones (excluding diaryl/α,β-unsaturated/α-hetero) is 1. The van der Waals surface area contributed by atoms with Gasteiger partial charge in [0.1, 0.15) is 11.5 Å². The van der Waals surface area contributed by atoms with Gasteiger partial charge in [0.25, 0.3) is 0 Å². The number of nitrogens with zero attached hydrogens (tertiary/aromatic N) is 4. The second kappa shape index (κ2) is 9.64. The second-order valence-electron chi connectivity index (χ2n) is 8.24. The molecule has 0 bridgehead atoms. The fourth-order valence-electron chi connectivity index (χ4n) is 4.58. The van der Waals surface area contributed by atoms with Crippen molar-refractivity contribution < 1.29 is 23.8 Å². The van der Waals surface area contributed by atoms with Crippen LogP contribution < -0.4 is 14.4 Å². The zero-order valence-corrected chi connectivity index (χ0v) is 19.6. The Labute approximate surface area is 193 Å². The molecule has 1 saturated heterocycles. The van der Waals surface area contributed by atoms with Crippen LogP contribution in [0.2, 0.25) is 0 Å². The lowest BCUT2D eigenvalue weighted by Crippen LogP contribution is -2.49. The van der Waals surface area contributed by atoms with Gasteiger partial charge in [-0.25, -0.2) is 14.8 Å². The molecule has 9 heteroatoms. The molecular formula is C24H30N4O5. The Morgan fingerprint density at radius 2 is 1.85 bits per heavy atom. The smallest absolute Gasteiger partial charge is 0.409 e. The number of rotatable bonds is 5. The maximum Gasteiger partial charge on any atom is 0.409 e. The van der Waals surface area contributed by atoms with E-state index >= 15 is 0 Å². The fraction of sp³-hybridized carbons (Fsp3) is 0.500. The van der Waals surface area contributed by atoms with Crippen molar-refractivity contribution in [3.8, 4) is 11.5 Å². The summed E-state index contributed by atoms with van der Waals surface area (Å²) in [5.41, 5.74) is 3.07. The monoisotopic (exact) mass is 454 g/mol. The number of hydrogen-bond acceptors (Lipinski definition) is 8. The van der Waals surface area contributed by atoms with Gasteiger partial charge in [0.05, 0.1) is 37.8 Å². The van der Waals surface area contributed by atoms with Crippen molar-refractivity contribution in [3.05, 3.63) is 40.7 Å². The van der Waals surface area contributed by atoms with Gasteiger partial charge in [-0.2, -0.15) is 0 Å². The largest absolute Gasteiger partial charge is 0.497 e. The fourth-order valence-corrected chi connectivity index (χ4v) is 4.58. The van der Waals surface area contributed by atoms with E-state index in [1.165, 1.54) is 0 Å². The molecule has 0 spiro atoms. The summed E-state index contributed by atoms with van der Waals surface area (Å²) >= 11 is 0. The molecule has 4 rings (SSSR count). The molecular weight excluding hydrogens is 424 g/mol. The van der Waals surface area contributed by atoms with Crippen LogP contribution in [-0.2, 0) is 11.2 Å². The molecule has 0 saturated carbocycles. The first-order valence-electron chi connectivity index (χ1n) is 11.2. The van der Waals surface area contributed by atoms with E-state index in [9.17, 15) is 9.59 Å². The van der Waals surface area contributed by atoms with Crippen molar-refractivity contribution in [2.75, 3.05) is 51.9 Å². The van der Waals surface area contributed by atoms with Gasteiger partial charge in [0.15, 0.2) is 5.78 Å². The number of anilines is 1. The highest BCUT2D eigenvalue weighted by Crippen LogP contribution is 2.39. The first kappa shape index (κ1) is 22.8. The lowest BCUT2D eigenvalue weighted by molar-refractivity contribution is 0.0960. The van der Waals surface area contributed by atoms with Gasteiger partial charge < -0.3 is 24.0 Å². The highest BCUT2D eigenvalue weighted by atomic mass is 16.6. The number of aromatic nitrogens is 2. The maximum absolute atomic E-state index is 13.1. The minimum Gasteiger partial charge on any atom is -0.497 e. The third-order valence-electron chi connectivity index (χ3n) is 6.27. The van der Waals surface area contributed by atoms with Crippen molar-refractivity contribution in [3.63, 3.8) is 0 Å². The molecule has 0 radical (unpaired) electrons. The highest BCUT2D eigenvalue weighted by molar-refractivity contribution is 5.99. The molecule has 1 aliphatic heterocycles. The van der Waals surface area contributed by atoms with Gasteiger partial charge in [0.2, 0.25) is 5.95 Å². The van der Waals surface area contributed by atoms with Crippen LogP contribution in [0.15, 0.2) is 18.2 Å². The van der Waals surface area contributed by atoms with E-state index in [1.54, 1.807) is 26.0 Å². The van der Waals surface area contributed by atoms with E-state index in [2.05, 4.69) is 9.88 Å². The Bertz CT molecular complexity index is 1050.